The molecule has 2 rings (SSSR count). The zero-order chi connectivity index (χ0) is 23.2. The minimum atomic E-state index is 0.620. The molecule has 0 aliphatic rings. The van der Waals surface area contributed by atoms with Crippen LogP contribution in [0, 0.1) is 0 Å². The van der Waals surface area contributed by atoms with Crippen LogP contribution >= 0.6 is 0 Å². The highest BCUT2D eigenvalue weighted by Crippen LogP contribution is 2.31. The average molecular weight is 445 g/mol. The first-order chi connectivity index (χ1) is 15.6. The lowest BCUT2D eigenvalue weighted by Gasteiger charge is -2.18. The maximum absolute atomic E-state index is 5.74. The average Bonchev–Trinajstić information content (AvgIpc) is 2.79. The van der Waals surface area contributed by atoms with Gasteiger partial charge in [0.15, 0.2) is 23.0 Å². The van der Waals surface area contributed by atoms with Gasteiger partial charge in [-0.1, -0.05) is 6.07 Å². The molecule has 0 aliphatic heterocycles. The fourth-order valence-corrected chi connectivity index (χ4v) is 3.43. The van der Waals surface area contributed by atoms with E-state index in [0.29, 0.717) is 26.4 Å². The quantitative estimate of drug-likeness (QED) is 0.357. The van der Waals surface area contributed by atoms with Crippen LogP contribution in [0.1, 0.15) is 39.7 Å². The van der Waals surface area contributed by atoms with Crippen molar-refractivity contribution in [3.8, 4) is 23.0 Å². The first-order valence-corrected chi connectivity index (χ1v) is 11.8. The summed E-state index contributed by atoms with van der Waals surface area (Å²) >= 11 is 0. The van der Waals surface area contributed by atoms with Crippen LogP contribution in [0.15, 0.2) is 36.4 Å². The number of benzene rings is 2. The van der Waals surface area contributed by atoms with E-state index in [1.807, 2.05) is 52.0 Å². The second-order valence-electron chi connectivity index (χ2n) is 7.51. The number of anilines is 1. The van der Waals surface area contributed by atoms with Gasteiger partial charge in [0.1, 0.15) is 0 Å². The molecule has 2 aromatic rings. The fourth-order valence-electron chi connectivity index (χ4n) is 3.43. The summed E-state index contributed by atoms with van der Waals surface area (Å²) in [6.07, 6.45) is 2.04. The molecule has 0 spiro atoms. The van der Waals surface area contributed by atoms with Crippen molar-refractivity contribution in [1.29, 1.82) is 0 Å². The van der Waals surface area contributed by atoms with Crippen molar-refractivity contribution >= 4 is 5.69 Å². The predicted octanol–water partition coefficient (Wildman–Crippen LogP) is 5.26. The molecule has 32 heavy (non-hydrogen) atoms. The zero-order valence-electron chi connectivity index (χ0n) is 20.4. The normalized spacial score (nSPS) is 10.8. The van der Waals surface area contributed by atoms with E-state index in [0.717, 1.165) is 61.2 Å². The van der Waals surface area contributed by atoms with Gasteiger partial charge in [-0.3, -0.25) is 0 Å². The minimum Gasteiger partial charge on any atom is -0.490 e. The van der Waals surface area contributed by atoms with Gasteiger partial charge >= 0.3 is 0 Å². The number of hydrogen-bond donors (Lipinski definition) is 1. The molecule has 1 N–H and O–H groups in total. The van der Waals surface area contributed by atoms with Crippen LogP contribution < -0.4 is 24.3 Å². The number of nitrogens with one attached hydrogen (secondary N) is 1. The van der Waals surface area contributed by atoms with Gasteiger partial charge in [-0.2, -0.15) is 0 Å². The maximum Gasteiger partial charge on any atom is 0.163 e. The lowest BCUT2D eigenvalue weighted by molar-refractivity contribution is 0.287. The zero-order valence-corrected chi connectivity index (χ0v) is 20.4. The van der Waals surface area contributed by atoms with E-state index in [4.69, 9.17) is 18.9 Å². The number of hydrogen-bond acceptors (Lipinski definition) is 6. The Balaban J connectivity index is 1.76. The standard InChI is InChI=1S/C26H40N2O4/c1-6-29-23-13-11-21(19-25(23)31-8-3)15-18-28(5)17-10-16-27-22-12-14-24(30-7-2)26(20-22)32-9-4/h11-14,19-20,27H,6-10,15-18H2,1-5H3. The van der Waals surface area contributed by atoms with Gasteiger partial charge in [0.25, 0.3) is 0 Å². The Morgan fingerprint density at radius 3 is 1.88 bits per heavy atom. The highest BCUT2D eigenvalue weighted by atomic mass is 16.5. The molecule has 0 bridgehead atoms. The summed E-state index contributed by atoms with van der Waals surface area (Å²) in [5, 5.41) is 3.49. The molecule has 0 amide bonds. The monoisotopic (exact) mass is 444 g/mol. The maximum atomic E-state index is 5.74. The molecule has 178 valence electrons. The summed E-state index contributed by atoms with van der Waals surface area (Å²) in [5.41, 5.74) is 2.32. The summed E-state index contributed by atoms with van der Waals surface area (Å²) in [6.45, 7) is 13.4. The highest BCUT2D eigenvalue weighted by molar-refractivity contribution is 5.54. The van der Waals surface area contributed by atoms with Crippen LogP contribution in [0.2, 0.25) is 0 Å². The van der Waals surface area contributed by atoms with Gasteiger partial charge in [0.2, 0.25) is 0 Å². The van der Waals surface area contributed by atoms with Crippen molar-refractivity contribution < 1.29 is 18.9 Å². The lowest BCUT2D eigenvalue weighted by atomic mass is 10.1. The Bertz CT molecular complexity index is 797. The van der Waals surface area contributed by atoms with Crippen molar-refractivity contribution in [3.63, 3.8) is 0 Å². The van der Waals surface area contributed by atoms with Gasteiger partial charge in [-0.15, -0.1) is 0 Å². The molecular formula is C26H40N2O4. The van der Waals surface area contributed by atoms with Gasteiger partial charge in [-0.05, 0) is 84.0 Å². The van der Waals surface area contributed by atoms with Crippen molar-refractivity contribution in [2.75, 3.05) is 58.4 Å². The van der Waals surface area contributed by atoms with Crippen LogP contribution in [0.5, 0.6) is 23.0 Å². The van der Waals surface area contributed by atoms with E-state index in [2.05, 4.69) is 29.4 Å². The molecule has 0 aromatic heterocycles. The molecule has 0 saturated heterocycles. The second-order valence-corrected chi connectivity index (χ2v) is 7.51. The first-order valence-electron chi connectivity index (χ1n) is 11.8. The molecule has 2 aromatic carbocycles. The van der Waals surface area contributed by atoms with Gasteiger partial charge in [-0.25, -0.2) is 0 Å². The molecule has 6 nitrogen and oxygen atoms in total. The smallest absolute Gasteiger partial charge is 0.163 e. The Morgan fingerprint density at radius 1 is 0.688 bits per heavy atom. The van der Waals surface area contributed by atoms with E-state index < -0.39 is 0 Å². The van der Waals surface area contributed by atoms with Gasteiger partial charge in [0.05, 0.1) is 26.4 Å². The molecule has 0 atom stereocenters. The Morgan fingerprint density at radius 2 is 1.25 bits per heavy atom. The SMILES string of the molecule is CCOc1ccc(CCN(C)CCCNc2ccc(OCC)c(OCC)c2)cc1OCC. The topological polar surface area (TPSA) is 52.2 Å². The van der Waals surface area contributed by atoms with E-state index in [1.54, 1.807) is 0 Å². The third-order valence-corrected chi connectivity index (χ3v) is 4.98. The van der Waals surface area contributed by atoms with E-state index in [-0.39, 0.29) is 0 Å². The molecule has 0 heterocycles. The number of rotatable bonds is 16. The van der Waals surface area contributed by atoms with Crippen LogP contribution in [0.25, 0.3) is 0 Å². The first kappa shape index (κ1) is 25.7. The van der Waals surface area contributed by atoms with Crippen molar-refractivity contribution in [2.24, 2.45) is 0 Å². The van der Waals surface area contributed by atoms with Gasteiger partial charge in [0, 0.05) is 24.8 Å². The summed E-state index contributed by atoms with van der Waals surface area (Å²) in [6, 6.07) is 12.3. The summed E-state index contributed by atoms with van der Waals surface area (Å²) in [7, 11) is 2.17. The van der Waals surface area contributed by atoms with Gasteiger partial charge < -0.3 is 29.2 Å². The molecule has 0 saturated carbocycles. The Labute approximate surface area is 193 Å². The van der Waals surface area contributed by atoms with Crippen LogP contribution in [0.3, 0.4) is 0 Å². The van der Waals surface area contributed by atoms with Crippen molar-refractivity contribution in [1.82, 2.24) is 4.90 Å². The molecule has 0 radical (unpaired) electrons. The third-order valence-electron chi connectivity index (χ3n) is 4.98. The van der Waals surface area contributed by atoms with Crippen LogP contribution in [-0.2, 0) is 6.42 Å². The minimum absolute atomic E-state index is 0.620. The van der Waals surface area contributed by atoms with Crippen molar-refractivity contribution in [3.05, 3.63) is 42.0 Å². The Hall–Kier alpha value is -2.60. The predicted molar refractivity (Wildman–Crippen MR) is 132 cm³/mol. The van der Waals surface area contributed by atoms with Crippen molar-refractivity contribution in [2.45, 2.75) is 40.5 Å². The Kier molecular flexibility index (Phi) is 11.6. The molecular weight excluding hydrogens is 404 g/mol. The van der Waals surface area contributed by atoms with E-state index >= 15 is 0 Å². The lowest BCUT2D eigenvalue weighted by Crippen LogP contribution is -2.24. The number of likely N-dealkylation sites (N-methyl/N-ethyl adjacent to an activating group) is 1. The second kappa shape index (κ2) is 14.5. The largest absolute Gasteiger partial charge is 0.490 e. The van der Waals surface area contributed by atoms with Crippen LogP contribution in [-0.4, -0.2) is 58.0 Å². The summed E-state index contributed by atoms with van der Waals surface area (Å²) in [4.78, 5) is 2.36. The van der Waals surface area contributed by atoms with E-state index in [9.17, 15) is 0 Å². The molecule has 0 fully saturated rings. The van der Waals surface area contributed by atoms with E-state index in [1.165, 1.54) is 5.56 Å². The van der Waals surface area contributed by atoms with Crippen LogP contribution in [0.4, 0.5) is 5.69 Å². The number of nitrogens with zero attached hydrogens (tertiary/aromatic N) is 1. The summed E-state index contributed by atoms with van der Waals surface area (Å²) in [5.74, 6) is 3.24. The fraction of sp³-hybridized carbons (Fsp3) is 0.538. The molecule has 6 heteroatoms. The number of ether oxygens (including phenoxy) is 4. The molecule has 0 aliphatic carbocycles. The molecule has 0 unspecified atom stereocenters. The summed E-state index contributed by atoms with van der Waals surface area (Å²) < 4.78 is 22.7. The third kappa shape index (κ3) is 8.50. The highest BCUT2D eigenvalue weighted by Gasteiger charge is 2.08.